The summed E-state index contributed by atoms with van der Waals surface area (Å²) in [5.74, 6) is -1.59. The molecule has 1 aromatic rings. The van der Waals surface area contributed by atoms with Crippen LogP contribution in [0.25, 0.3) is 0 Å². The number of ketones is 1. The first-order valence-electron chi connectivity index (χ1n) is 7.57. The van der Waals surface area contributed by atoms with Crippen LogP contribution in [0.3, 0.4) is 0 Å². The van der Waals surface area contributed by atoms with Crippen LogP contribution in [0.2, 0.25) is 0 Å². The number of Topliss-reactive ketones (excluding diaryl/α,β-unsaturated/α-hetero) is 1. The highest BCUT2D eigenvalue weighted by molar-refractivity contribution is 5.96. The first-order valence-corrected chi connectivity index (χ1v) is 7.57. The number of fused-ring (bicyclic) bond motifs is 1. The van der Waals surface area contributed by atoms with E-state index in [1.54, 1.807) is 0 Å². The van der Waals surface area contributed by atoms with Crippen molar-refractivity contribution in [2.45, 2.75) is 25.3 Å². The second kappa shape index (κ2) is 6.20. The van der Waals surface area contributed by atoms with Crippen LogP contribution in [0.15, 0.2) is 18.2 Å². The Morgan fingerprint density at radius 2 is 1.90 bits per heavy atom. The Morgan fingerprint density at radius 1 is 1.14 bits per heavy atom. The van der Waals surface area contributed by atoms with Gasteiger partial charge in [-0.25, -0.2) is 8.78 Å². The maximum absolute atomic E-state index is 13.1. The maximum atomic E-state index is 13.1. The molecule has 5 heteroatoms. The SMILES string of the molecule is O=C(CCN1CCN2CCCC2C1)c1cc(F)cc(F)c1. The minimum atomic E-state index is -0.696. The number of hydrogen-bond donors (Lipinski definition) is 0. The Bertz CT molecular complexity index is 515. The van der Waals surface area contributed by atoms with Gasteiger partial charge in [-0.05, 0) is 31.5 Å². The third-order valence-electron chi connectivity index (χ3n) is 4.51. The standard InChI is InChI=1S/C16H20F2N2O/c17-13-8-12(9-14(18)10-13)16(21)3-5-19-6-7-20-4-1-2-15(20)11-19/h8-10,15H,1-7,11H2. The van der Waals surface area contributed by atoms with Crippen molar-refractivity contribution in [1.82, 2.24) is 9.80 Å². The van der Waals surface area contributed by atoms with E-state index in [0.717, 1.165) is 37.8 Å². The molecule has 1 unspecified atom stereocenters. The summed E-state index contributed by atoms with van der Waals surface area (Å²) in [6, 6.07) is 3.64. The third-order valence-corrected chi connectivity index (χ3v) is 4.51. The summed E-state index contributed by atoms with van der Waals surface area (Å²) in [6.07, 6.45) is 2.81. The minimum absolute atomic E-state index is 0.131. The fourth-order valence-corrected chi connectivity index (χ4v) is 3.38. The van der Waals surface area contributed by atoms with Gasteiger partial charge in [-0.2, -0.15) is 0 Å². The van der Waals surface area contributed by atoms with Crippen molar-refractivity contribution in [2.75, 3.05) is 32.7 Å². The van der Waals surface area contributed by atoms with Crippen molar-refractivity contribution < 1.29 is 13.6 Å². The number of halogens is 2. The zero-order valence-corrected chi connectivity index (χ0v) is 12.0. The second-order valence-electron chi connectivity index (χ2n) is 5.96. The van der Waals surface area contributed by atoms with Crippen LogP contribution in [0, 0.1) is 11.6 Å². The number of nitrogens with zero attached hydrogens (tertiary/aromatic N) is 2. The highest BCUT2D eigenvalue weighted by atomic mass is 19.1. The average Bonchev–Trinajstić information content (AvgIpc) is 2.91. The van der Waals surface area contributed by atoms with Crippen molar-refractivity contribution in [3.05, 3.63) is 35.4 Å². The van der Waals surface area contributed by atoms with Crippen LogP contribution >= 0.6 is 0 Å². The predicted octanol–water partition coefficient (Wildman–Crippen LogP) is 2.32. The normalized spacial score (nSPS) is 23.2. The van der Waals surface area contributed by atoms with E-state index in [1.807, 2.05) is 0 Å². The van der Waals surface area contributed by atoms with Gasteiger partial charge in [0.15, 0.2) is 5.78 Å². The van der Waals surface area contributed by atoms with Crippen LogP contribution in [-0.4, -0.2) is 54.3 Å². The molecule has 21 heavy (non-hydrogen) atoms. The van der Waals surface area contributed by atoms with Crippen LogP contribution in [0.4, 0.5) is 8.78 Å². The number of hydrogen-bond acceptors (Lipinski definition) is 3. The van der Waals surface area contributed by atoms with Crippen LogP contribution < -0.4 is 0 Å². The van der Waals surface area contributed by atoms with Crippen LogP contribution in [-0.2, 0) is 0 Å². The summed E-state index contributed by atoms with van der Waals surface area (Å²) < 4.78 is 26.2. The lowest BCUT2D eigenvalue weighted by atomic mass is 10.1. The Balaban J connectivity index is 1.53. The Kier molecular flexibility index (Phi) is 4.31. The summed E-state index contributed by atoms with van der Waals surface area (Å²) in [5.41, 5.74) is 0.131. The smallest absolute Gasteiger partial charge is 0.164 e. The van der Waals surface area contributed by atoms with Gasteiger partial charge in [0.1, 0.15) is 11.6 Å². The van der Waals surface area contributed by atoms with E-state index >= 15 is 0 Å². The first-order chi connectivity index (χ1) is 10.1. The van der Waals surface area contributed by atoms with Gasteiger partial charge >= 0.3 is 0 Å². The van der Waals surface area contributed by atoms with E-state index in [4.69, 9.17) is 0 Å². The molecule has 2 fully saturated rings. The molecule has 3 rings (SSSR count). The number of carbonyl (C=O) groups excluding carboxylic acids is 1. The molecule has 0 amide bonds. The largest absolute Gasteiger partial charge is 0.300 e. The lowest BCUT2D eigenvalue weighted by Crippen LogP contribution is -2.50. The lowest BCUT2D eigenvalue weighted by molar-refractivity contribution is 0.0870. The first kappa shape index (κ1) is 14.6. The molecule has 2 aliphatic rings. The second-order valence-corrected chi connectivity index (χ2v) is 5.96. The topological polar surface area (TPSA) is 23.6 Å². The van der Waals surface area contributed by atoms with Crippen molar-refractivity contribution in [3.63, 3.8) is 0 Å². The van der Waals surface area contributed by atoms with E-state index in [-0.39, 0.29) is 11.3 Å². The van der Waals surface area contributed by atoms with Gasteiger partial charge in [0.05, 0.1) is 0 Å². The number of rotatable bonds is 4. The number of carbonyl (C=O) groups is 1. The molecule has 0 aromatic heterocycles. The highest BCUT2D eigenvalue weighted by Crippen LogP contribution is 2.21. The molecular weight excluding hydrogens is 274 g/mol. The Hall–Kier alpha value is -1.33. The van der Waals surface area contributed by atoms with E-state index in [2.05, 4.69) is 9.80 Å². The Morgan fingerprint density at radius 3 is 2.67 bits per heavy atom. The van der Waals surface area contributed by atoms with Gasteiger partial charge in [-0.15, -0.1) is 0 Å². The molecule has 0 spiro atoms. The predicted molar refractivity (Wildman–Crippen MR) is 76.3 cm³/mol. The van der Waals surface area contributed by atoms with Crippen LogP contribution in [0.5, 0.6) is 0 Å². The van der Waals surface area contributed by atoms with Gasteiger partial charge in [0.25, 0.3) is 0 Å². The molecule has 0 bridgehead atoms. The molecular formula is C16H20F2N2O. The van der Waals surface area contributed by atoms with E-state index in [1.165, 1.54) is 19.4 Å². The highest BCUT2D eigenvalue weighted by Gasteiger charge is 2.30. The summed E-state index contributed by atoms with van der Waals surface area (Å²) in [4.78, 5) is 16.9. The summed E-state index contributed by atoms with van der Waals surface area (Å²) >= 11 is 0. The van der Waals surface area contributed by atoms with Crippen LogP contribution in [0.1, 0.15) is 29.6 Å². The molecule has 2 saturated heterocycles. The molecule has 0 aliphatic carbocycles. The van der Waals surface area contributed by atoms with E-state index in [9.17, 15) is 13.6 Å². The van der Waals surface area contributed by atoms with Crippen molar-refractivity contribution in [1.29, 1.82) is 0 Å². The van der Waals surface area contributed by atoms with E-state index < -0.39 is 11.6 Å². The van der Waals surface area contributed by atoms with Gasteiger partial charge in [0, 0.05) is 50.3 Å². The fraction of sp³-hybridized carbons (Fsp3) is 0.562. The molecule has 114 valence electrons. The quantitative estimate of drug-likeness (QED) is 0.796. The summed E-state index contributed by atoms with van der Waals surface area (Å²) in [5, 5.41) is 0. The zero-order chi connectivity index (χ0) is 14.8. The molecule has 0 radical (unpaired) electrons. The van der Waals surface area contributed by atoms with Gasteiger partial charge in [-0.3, -0.25) is 9.69 Å². The molecule has 3 nitrogen and oxygen atoms in total. The zero-order valence-electron chi connectivity index (χ0n) is 12.0. The van der Waals surface area contributed by atoms with E-state index in [0.29, 0.717) is 19.0 Å². The summed E-state index contributed by atoms with van der Waals surface area (Å²) in [6.45, 7) is 4.90. The lowest BCUT2D eigenvalue weighted by Gasteiger charge is -2.37. The van der Waals surface area contributed by atoms with Gasteiger partial charge in [0.2, 0.25) is 0 Å². The molecule has 2 aliphatic heterocycles. The summed E-state index contributed by atoms with van der Waals surface area (Å²) in [7, 11) is 0. The number of piperazine rings is 1. The fourth-order valence-electron chi connectivity index (χ4n) is 3.38. The van der Waals surface area contributed by atoms with Gasteiger partial charge < -0.3 is 4.90 Å². The van der Waals surface area contributed by atoms with Crippen molar-refractivity contribution in [3.8, 4) is 0 Å². The molecule has 0 saturated carbocycles. The van der Waals surface area contributed by atoms with Gasteiger partial charge in [-0.1, -0.05) is 0 Å². The third kappa shape index (κ3) is 3.47. The van der Waals surface area contributed by atoms with Crippen molar-refractivity contribution in [2.24, 2.45) is 0 Å². The molecule has 0 N–H and O–H groups in total. The minimum Gasteiger partial charge on any atom is -0.300 e. The molecule has 1 atom stereocenters. The Labute approximate surface area is 123 Å². The van der Waals surface area contributed by atoms with Crippen molar-refractivity contribution >= 4 is 5.78 Å². The molecule has 1 aromatic carbocycles. The monoisotopic (exact) mass is 294 g/mol. The number of benzene rings is 1. The maximum Gasteiger partial charge on any atom is 0.164 e. The molecule has 2 heterocycles. The average molecular weight is 294 g/mol.